The molecule has 1 unspecified atom stereocenters. The molecule has 0 aromatic heterocycles. The number of carbonyl (C=O) groups is 1. The molecule has 1 aromatic carbocycles. The minimum atomic E-state index is -4.69. The van der Waals surface area contributed by atoms with Gasteiger partial charge in [0.2, 0.25) is 5.91 Å². The summed E-state index contributed by atoms with van der Waals surface area (Å²) in [5.74, 6) is -1.09. The van der Waals surface area contributed by atoms with Crippen molar-refractivity contribution in [3.05, 3.63) is 29.8 Å². The lowest BCUT2D eigenvalue weighted by Crippen LogP contribution is -2.22. The van der Waals surface area contributed by atoms with Gasteiger partial charge in [-0.15, -0.1) is 13.2 Å². The van der Waals surface area contributed by atoms with Gasteiger partial charge < -0.3 is 10.5 Å². The van der Waals surface area contributed by atoms with Crippen molar-refractivity contribution in [1.29, 1.82) is 0 Å². The van der Waals surface area contributed by atoms with E-state index in [1.807, 2.05) is 0 Å². The number of carbonyl (C=O) groups excluding carboxylic acids is 1. The van der Waals surface area contributed by atoms with Crippen molar-refractivity contribution in [2.75, 3.05) is 0 Å². The van der Waals surface area contributed by atoms with Crippen LogP contribution in [-0.4, -0.2) is 12.3 Å². The standard InChI is InChI=1S/C11H12F3NO2/c1-7(10(15)16)6-8-2-4-9(5-3-8)17-11(12,13)14/h2-5,7H,6H2,1H3,(H2,15,16). The average molecular weight is 247 g/mol. The highest BCUT2D eigenvalue weighted by Gasteiger charge is 2.30. The molecule has 17 heavy (non-hydrogen) atoms. The van der Waals surface area contributed by atoms with Crippen LogP contribution in [0.5, 0.6) is 5.75 Å². The summed E-state index contributed by atoms with van der Waals surface area (Å²) < 4.78 is 39.3. The Morgan fingerprint density at radius 2 is 1.88 bits per heavy atom. The number of alkyl halides is 3. The van der Waals surface area contributed by atoms with Crippen molar-refractivity contribution >= 4 is 5.91 Å². The molecule has 1 amide bonds. The van der Waals surface area contributed by atoms with Gasteiger partial charge in [0.1, 0.15) is 5.75 Å². The van der Waals surface area contributed by atoms with Gasteiger partial charge in [0.15, 0.2) is 0 Å². The molecule has 0 aliphatic rings. The maximum atomic E-state index is 11.9. The number of benzene rings is 1. The van der Waals surface area contributed by atoms with Crippen molar-refractivity contribution in [1.82, 2.24) is 0 Å². The topological polar surface area (TPSA) is 52.3 Å². The van der Waals surface area contributed by atoms with E-state index in [0.29, 0.717) is 6.42 Å². The predicted octanol–water partition coefficient (Wildman–Crippen LogP) is 2.25. The van der Waals surface area contributed by atoms with Crippen LogP contribution in [0, 0.1) is 5.92 Å². The molecular formula is C11H12F3NO2. The first-order valence-corrected chi connectivity index (χ1v) is 4.92. The minimum absolute atomic E-state index is 0.284. The second-order valence-corrected chi connectivity index (χ2v) is 3.70. The normalized spacial score (nSPS) is 13.2. The van der Waals surface area contributed by atoms with Crippen LogP contribution in [0.1, 0.15) is 12.5 Å². The molecule has 0 bridgehead atoms. The van der Waals surface area contributed by atoms with Gasteiger partial charge in [0, 0.05) is 5.92 Å². The summed E-state index contributed by atoms with van der Waals surface area (Å²) in [6, 6.07) is 5.36. The third-order valence-corrected chi connectivity index (χ3v) is 2.18. The Morgan fingerprint density at radius 3 is 2.29 bits per heavy atom. The first kappa shape index (κ1) is 13.3. The van der Waals surface area contributed by atoms with Gasteiger partial charge in [-0.05, 0) is 24.1 Å². The van der Waals surface area contributed by atoms with Crippen LogP contribution in [0.25, 0.3) is 0 Å². The molecule has 94 valence electrons. The maximum Gasteiger partial charge on any atom is 0.573 e. The first-order valence-electron chi connectivity index (χ1n) is 4.92. The highest BCUT2D eigenvalue weighted by molar-refractivity contribution is 5.76. The lowest BCUT2D eigenvalue weighted by molar-refractivity contribution is -0.274. The molecule has 0 saturated heterocycles. The second-order valence-electron chi connectivity index (χ2n) is 3.70. The molecule has 0 fully saturated rings. The second kappa shape index (κ2) is 5.07. The Bertz CT molecular complexity index is 387. The molecule has 0 aliphatic heterocycles. The number of ether oxygens (including phenoxy) is 1. The van der Waals surface area contributed by atoms with E-state index in [4.69, 9.17) is 5.73 Å². The van der Waals surface area contributed by atoms with Gasteiger partial charge in [-0.1, -0.05) is 19.1 Å². The Kier molecular flexibility index (Phi) is 3.98. The molecule has 1 rings (SSSR count). The zero-order valence-corrected chi connectivity index (χ0v) is 9.12. The lowest BCUT2D eigenvalue weighted by atomic mass is 10.0. The smallest absolute Gasteiger partial charge is 0.406 e. The quantitative estimate of drug-likeness (QED) is 0.887. The minimum Gasteiger partial charge on any atom is -0.406 e. The zero-order chi connectivity index (χ0) is 13.1. The molecule has 3 nitrogen and oxygen atoms in total. The molecule has 2 N–H and O–H groups in total. The lowest BCUT2D eigenvalue weighted by Gasteiger charge is -2.10. The fraction of sp³-hybridized carbons (Fsp3) is 0.364. The van der Waals surface area contributed by atoms with Gasteiger partial charge in [-0.3, -0.25) is 4.79 Å². The largest absolute Gasteiger partial charge is 0.573 e. The van der Waals surface area contributed by atoms with Crippen molar-refractivity contribution < 1.29 is 22.7 Å². The number of amides is 1. The Labute approximate surface area is 96.4 Å². The molecule has 0 heterocycles. The summed E-state index contributed by atoms with van der Waals surface area (Å²) >= 11 is 0. The van der Waals surface area contributed by atoms with Gasteiger partial charge in [0.25, 0.3) is 0 Å². The molecule has 0 radical (unpaired) electrons. The van der Waals surface area contributed by atoms with E-state index in [0.717, 1.165) is 5.56 Å². The van der Waals surface area contributed by atoms with Gasteiger partial charge in [-0.25, -0.2) is 0 Å². The summed E-state index contributed by atoms with van der Waals surface area (Å²) in [6.45, 7) is 1.66. The molecule has 1 aromatic rings. The fourth-order valence-corrected chi connectivity index (χ4v) is 1.28. The third-order valence-electron chi connectivity index (χ3n) is 2.18. The molecular weight excluding hydrogens is 235 g/mol. The summed E-state index contributed by atoms with van der Waals surface area (Å²) in [4.78, 5) is 10.8. The molecule has 0 aliphatic carbocycles. The van der Waals surface area contributed by atoms with Crippen molar-refractivity contribution in [2.24, 2.45) is 11.7 Å². The van der Waals surface area contributed by atoms with E-state index in [1.54, 1.807) is 6.92 Å². The van der Waals surface area contributed by atoms with Crippen LogP contribution >= 0.6 is 0 Å². The van der Waals surface area contributed by atoms with Crippen LogP contribution in [0.15, 0.2) is 24.3 Å². The molecule has 0 spiro atoms. The van der Waals surface area contributed by atoms with Crippen LogP contribution in [0.2, 0.25) is 0 Å². The van der Waals surface area contributed by atoms with E-state index in [2.05, 4.69) is 4.74 Å². The summed E-state index contributed by atoms with van der Waals surface area (Å²) in [6.07, 6.45) is -4.30. The van der Waals surface area contributed by atoms with Gasteiger partial charge >= 0.3 is 6.36 Å². The highest BCUT2D eigenvalue weighted by atomic mass is 19.4. The van der Waals surface area contributed by atoms with E-state index in [-0.39, 0.29) is 11.7 Å². The van der Waals surface area contributed by atoms with Crippen molar-refractivity contribution in [3.8, 4) is 5.75 Å². The van der Waals surface area contributed by atoms with Crippen LogP contribution in [0.3, 0.4) is 0 Å². The Balaban J connectivity index is 2.65. The van der Waals surface area contributed by atoms with Crippen molar-refractivity contribution in [3.63, 3.8) is 0 Å². The maximum absolute atomic E-state index is 11.9. The fourth-order valence-electron chi connectivity index (χ4n) is 1.28. The van der Waals surface area contributed by atoms with E-state index in [9.17, 15) is 18.0 Å². The van der Waals surface area contributed by atoms with Crippen molar-refractivity contribution in [2.45, 2.75) is 19.7 Å². The number of rotatable bonds is 4. The predicted molar refractivity (Wildman–Crippen MR) is 55.2 cm³/mol. The molecule has 6 heteroatoms. The first-order chi connectivity index (χ1) is 7.78. The highest BCUT2D eigenvalue weighted by Crippen LogP contribution is 2.23. The average Bonchev–Trinajstić information content (AvgIpc) is 2.18. The van der Waals surface area contributed by atoms with E-state index >= 15 is 0 Å². The van der Waals surface area contributed by atoms with Gasteiger partial charge in [-0.2, -0.15) is 0 Å². The Morgan fingerprint density at radius 1 is 1.35 bits per heavy atom. The van der Waals surface area contributed by atoms with Gasteiger partial charge in [0.05, 0.1) is 0 Å². The number of hydrogen-bond donors (Lipinski definition) is 1. The van der Waals surface area contributed by atoms with Crippen LogP contribution in [-0.2, 0) is 11.2 Å². The number of nitrogens with two attached hydrogens (primary N) is 1. The van der Waals surface area contributed by atoms with E-state index in [1.165, 1.54) is 24.3 Å². The number of primary amides is 1. The number of hydrogen-bond acceptors (Lipinski definition) is 2. The zero-order valence-electron chi connectivity index (χ0n) is 9.12. The summed E-state index contributed by atoms with van der Waals surface area (Å²) in [5, 5.41) is 0. The molecule has 1 atom stereocenters. The monoisotopic (exact) mass is 247 g/mol. The van der Waals surface area contributed by atoms with E-state index < -0.39 is 12.3 Å². The van der Waals surface area contributed by atoms with Crippen LogP contribution < -0.4 is 10.5 Å². The summed E-state index contributed by atoms with van der Waals surface area (Å²) in [7, 11) is 0. The SMILES string of the molecule is CC(Cc1ccc(OC(F)(F)F)cc1)C(N)=O. The summed E-state index contributed by atoms with van der Waals surface area (Å²) in [5.41, 5.74) is 5.81. The number of halogens is 3. The molecule has 0 saturated carbocycles. The third kappa shape index (κ3) is 4.76. The van der Waals surface area contributed by atoms with Crippen LogP contribution in [0.4, 0.5) is 13.2 Å². The Hall–Kier alpha value is -1.72.